The second-order valence-electron chi connectivity index (χ2n) is 3.65. The molecule has 0 bridgehead atoms. The molecule has 0 aliphatic rings. The SMILES string of the molecule is CCCC(CC)NC(=O)C(C)C(N)=NO. The molecule has 0 fully saturated rings. The Bertz CT molecular complexity index is 229. The van der Waals surface area contributed by atoms with Gasteiger partial charge in [-0.1, -0.05) is 25.4 Å². The third-order valence-corrected chi connectivity index (χ3v) is 2.43. The molecule has 0 aliphatic heterocycles. The molecule has 0 aromatic heterocycles. The van der Waals surface area contributed by atoms with Gasteiger partial charge in [-0.3, -0.25) is 4.79 Å². The van der Waals surface area contributed by atoms with E-state index in [1.165, 1.54) is 0 Å². The van der Waals surface area contributed by atoms with Crippen LogP contribution in [0.5, 0.6) is 0 Å². The smallest absolute Gasteiger partial charge is 0.230 e. The molecular weight excluding hydrogens is 194 g/mol. The first-order valence-corrected chi connectivity index (χ1v) is 5.34. The van der Waals surface area contributed by atoms with Gasteiger partial charge in [-0.25, -0.2) is 0 Å². The van der Waals surface area contributed by atoms with Crippen molar-refractivity contribution in [1.29, 1.82) is 0 Å². The van der Waals surface area contributed by atoms with Gasteiger partial charge in [0.1, 0.15) is 0 Å². The molecule has 0 radical (unpaired) electrons. The van der Waals surface area contributed by atoms with Gasteiger partial charge < -0.3 is 16.3 Å². The number of nitrogens with one attached hydrogen (secondary N) is 1. The zero-order valence-corrected chi connectivity index (χ0v) is 9.66. The number of carbonyl (C=O) groups is 1. The fourth-order valence-electron chi connectivity index (χ4n) is 1.27. The van der Waals surface area contributed by atoms with Crippen molar-refractivity contribution in [3.63, 3.8) is 0 Å². The van der Waals surface area contributed by atoms with Crippen LogP contribution < -0.4 is 11.1 Å². The Kier molecular flexibility index (Phi) is 6.49. The van der Waals surface area contributed by atoms with E-state index in [1.807, 2.05) is 6.92 Å². The van der Waals surface area contributed by atoms with E-state index in [9.17, 15) is 4.79 Å². The average Bonchev–Trinajstić information content (AvgIpc) is 2.26. The monoisotopic (exact) mass is 215 g/mol. The predicted octanol–water partition coefficient (Wildman–Crippen LogP) is 1.06. The number of nitrogens with two attached hydrogens (primary N) is 1. The first kappa shape index (κ1) is 13.7. The van der Waals surface area contributed by atoms with Crippen molar-refractivity contribution in [2.75, 3.05) is 0 Å². The minimum atomic E-state index is -0.582. The molecule has 0 rings (SSSR count). The second-order valence-corrected chi connectivity index (χ2v) is 3.65. The molecule has 5 nitrogen and oxygen atoms in total. The number of carbonyl (C=O) groups excluding carboxylic acids is 1. The molecule has 0 spiro atoms. The molecule has 5 heteroatoms. The van der Waals surface area contributed by atoms with Crippen molar-refractivity contribution in [2.24, 2.45) is 16.8 Å². The number of rotatable bonds is 6. The number of hydrogen-bond donors (Lipinski definition) is 3. The van der Waals surface area contributed by atoms with Crippen molar-refractivity contribution < 1.29 is 10.0 Å². The lowest BCUT2D eigenvalue weighted by Crippen LogP contribution is -2.42. The fraction of sp³-hybridized carbons (Fsp3) is 0.800. The summed E-state index contributed by atoms with van der Waals surface area (Å²) in [4.78, 5) is 11.6. The van der Waals surface area contributed by atoms with Gasteiger partial charge in [-0.05, 0) is 19.8 Å². The van der Waals surface area contributed by atoms with Gasteiger partial charge in [0.15, 0.2) is 5.84 Å². The van der Waals surface area contributed by atoms with E-state index in [0.29, 0.717) is 0 Å². The van der Waals surface area contributed by atoms with Crippen LogP contribution in [0.2, 0.25) is 0 Å². The molecule has 1 amide bonds. The molecule has 2 atom stereocenters. The number of nitrogens with zero attached hydrogens (tertiary/aromatic N) is 1. The van der Waals surface area contributed by atoms with Crippen molar-refractivity contribution in [1.82, 2.24) is 5.32 Å². The third-order valence-electron chi connectivity index (χ3n) is 2.43. The maximum Gasteiger partial charge on any atom is 0.230 e. The first-order valence-electron chi connectivity index (χ1n) is 5.34. The predicted molar refractivity (Wildman–Crippen MR) is 59.7 cm³/mol. The van der Waals surface area contributed by atoms with Crippen LogP contribution in [0.25, 0.3) is 0 Å². The van der Waals surface area contributed by atoms with Gasteiger partial charge in [0.25, 0.3) is 0 Å². The Morgan fingerprint density at radius 1 is 1.53 bits per heavy atom. The Morgan fingerprint density at radius 2 is 2.13 bits per heavy atom. The Balaban J connectivity index is 4.21. The van der Waals surface area contributed by atoms with Crippen molar-refractivity contribution in [3.05, 3.63) is 0 Å². The van der Waals surface area contributed by atoms with E-state index in [-0.39, 0.29) is 17.8 Å². The van der Waals surface area contributed by atoms with Crippen LogP contribution in [0.4, 0.5) is 0 Å². The molecule has 0 saturated carbocycles. The Hall–Kier alpha value is -1.26. The molecular formula is C10H21N3O2. The minimum Gasteiger partial charge on any atom is -0.409 e. The van der Waals surface area contributed by atoms with Crippen LogP contribution in [0, 0.1) is 5.92 Å². The van der Waals surface area contributed by atoms with E-state index in [2.05, 4.69) is 17.4 Å². The van der Waals surface area contributed by atoms with E-state index < -0.39 is 5.92 Å². The van der Waals surface area contributed by atoms with Gasteiger partial charge in [0, 0.05) is 6.04 Å². The Labute approximate surface area is 90.7 Å². The topological polar surface area (TPSA) is 87.7 Å². The normalized spacial score (nSPS) is 15.8. The van der Waals surface area contributed by atoms with Crippen LogP contribution in [0.1, 0.15) is 40.0 Å². The zero-order chi connectivity index (χ0) is 11.8. The summed E-state index contributed by atoms with van der Waals surface area (Å²) < 4.78 is 0. The van der Waals surface area contributed by atoms with Gasteiger partial charge in [-0.2, -0.15) is 0 Å². The lowest BCUT2D eigenvalue weighted by molar-refractivity contribution is -0.123. The zero-order valence-electron chi connectivity index (χ0n) is 9.66. The van der Waals surface area contributed by atoms with Gasteiger partial charge in [0.2, 0.25) is 5.91 Å². The fourth-order valence-corrected chi connectivity index (χ4v) is 1.27. The van der Waals surface area contributed by atoms with E-state index in [1.54, 1.807) is 6.92 Å². The standard InChI is InChI=1S/C10H21N3O2/c1-4-6-8(5-2)12-10(14)7(3)9(11)13-15/h7-8,15H,4-6H2,1-3H3,(H2,11,13)(H,12,14). The molecule has 0 aliphatic carbocycles. The maximum absolute atomic E-state index is 11.6. The number of hydrogen-bond acceptors (Lipinski definition) is 3. The van der Waals surface area contributed by atoms with Crippen molar-refractivity contribution in [3.8, 4) is 0 Å². The van der Waals surface area contributed by atoms with E-state index >= 15 is 0 Å². The van der Waals surface area contributed by atoms with Crippen LogP contribution in [-0.2, 0) is 4.79 Å². The molecule has 15 heavy (non-hydrogen) atoms. The summed E-state index contributed by atoms with van der Waals surface area (Å²) in [5.41, 5.74) is 5.35. The average molecular weight is 215 g/mol. The highest BCUT2D eigenvalue weighted by Gasteiger charge is 2.19. The molecule has 0 saturated heterocycles. The van der Waals surface area contributed by atoms with Crippen LogP contribution in [-0.4, -0.2) is 23.0 Å². The lowest BCUT2D eigenvalue weighted by Gasteiger charge is -2.18. The summed E-state index contributed by atoms with van der Waals surface area (Å²) in [6, 6.07) is 0.177. The van der Waals surface area contributed by atoms with Crippen molar-refractivity contribution >= 4 is 11.7 Å². The Morgan fingerprint density at radius 3 is 2.53 bits per heavy atom. The summed E-state index contributed by atoms with van der Waals surface area (Å²) >= 11 is 0. The largest absolute Gasteiger partial charge is 0.409 e. The molecule has 0 aromatic rings. The second kappa shape index (κ2) is 7.09. The summed E-state index contributed by atoms with van der Waals surface area (Å²) in [6.45, 7) is 5.71. The first-order chi connectivity index (χ1) is 7.06. The van der Waals surface area contributed by atoms with Gasteiger partial charge >= 0.3 is 0 Å². The molecule has 88 valence electrons. The summed E-state index contributed by atoms with van der Waals surface area (Å²) in [5, 5.41) is 14.1. The van der Waals surface area contributed by atoms with Gasteiger partial charge in [0.05, 0.1) is 5.92 Å². The number of amidine groups is 1. The quantitative estimate of drug-likeness (QED) is 0.268. The summed E-state index contributed by atoms with van der Waals surface area (Å²) in [6.07, 6.45) is 2.87. The highest BCUT2D eigenvalue weighted by molar-refractivity contribution is 6.01. The highest BCUT2D eigenvalue weighted by Crippen LogP contribution is 2.03. The third kappa shape index (κ3) is 4.67. The highest BCUT2D eigenvalue weighted by atomic mass is 16.4. The van der Waals surface area contributed by atoms with Crippen LogP contribution in [0.3, 0.4) is 0 Å². The minimum absolute atomic E-state index is 0.0566. The molecule has 2 unspecified atom stereocenters. The van der Waals surface area contributed by atoms with Crippen LogP contribution >= 0.6 is 0 Å². The number of amides is 1. The molecule has 0 heterocycles. The van der Waals surface area contributed by atoms with Gasteiger partial charge in [-0.15, -0.1) is 0 Å². The molecule has 0 aromatic carbocycles. The van der Waals surface area contributed by atoms with E-state index in [0.717, 1.165) is 19.3 Å². The van der Waals surface area contributed by atoms with Crippen LogP contribution in [0.15, 0.2) is 5.16 Å². The molecule has 4 N–H and O–H groups in total. The summed E-state index contributed by atoms with van der Waals surface area (Å²) in [5.74, 6) is -0.828. The number of oxime groups is 1. The van der Waals surface area contributed by atoms with E-state index in [4.69, 9.17) is 10.9 Å². The lowest BCUT2D eigenvalue weighted by atomic mass is 10.1. The maximum atomic E-state index is 11.6. The summed E-state index contributed by atoms with van der Waals surface area (Å²) in [7, 11) is 0. The van der Waals surface area contributed by atoms with Crippen molar-refractivity contribution in [2.45, 2.75) is 46.1 Å².